The van der Waals surface area contributed by atoms with Gasteiger partial charge in [-0.15, -0.1) is 0 Å². The number of aliphatic hydroxyl groups is 3. The van der Waals surface area contributed by atoms with Gasteiger partial charge in [-0.3, -0.25) is 19.4 Å². The number of aromatic amines is 1. The number of anilines is 1. The molecule has 6 fully saturated rings. The number of nitrogens with zero attached hydrogens (tertiary/aromatic N) is 3. The summed E-state index contributed by atoms with van der Waals surface area (Å²) in [7, 11) is 5.08. The first-order valence-corrected chi connectivity index (χ1v) is 25.4. The highest BCUT2D eigenvalue weighted by molar-refractivity contribution is 5.95. The van der Waals surface area contributed by atoms with Crippen LogP contribution in [-0.2, 0) is 31.6 Å². The van der Waals surface area contributed by atoms with E-state index in [9.17, 15) is 15.3 Å². The molecule has 1 spiro atoms. The number of likely N-dealkylation sites (N-methyl/N-ethyl adjacent to an activating group) is 1. The Bertz CT molecular complexity index is 2460. The van der Waals surface area contributed by atoms with E-state index >= 15 is 9.59 Å². The zero-order valence-corrected chi connectivity index (χ0v) is 40.2. The summed E-state index contributed by atoms with van der Waals surface area (Å²) in [6.07, 6.45) is 14.1. The molecule has 12 rings (SSSR count). The Hall–Kier alpha value is -3.94. The number of hydrogen-bond acceptors (Lipinski definition) is 10. The van der Waals surface area contributed by atoms with E-state index in [0.29, 0.717) is 74.9 Å². The van der Waals surface area contributed by atoms with Gasteiger partial charge in [0.1, 0.15) is 17.3 Å². The third-order valence-corrected chi connectivity index (χ3v) is 20.1. The van der Waals surface area contributed by atoms with Crippen LogP contribution in [0.1, 0.15) is 120 Å². The summed E-state index contributed by atoms with van der Waals surface area (Å²) in [5, 5.41) is 43.3. The summed E-state index contributed by atoms with van der Waals surface area (Å²) in [4.78, 5) is 41.6. The number of amides is 1. The monoisotopic (exact) mass is 904 g/mol. The van der Waals surface area contributed by atoms with Gasteiger partial charge in [-0.1, -0.05) is 57.5 Å². The Morgan fingerprint density at radius 2 is 1.64 bits per heavy atom. The molecule has 2 saturated heterocycles. The fourth-order valence-corrected chi connectivity index (χ4v) is 16.6. The zero-order valence-electron chi connectivity index (χ0n) is 40.2. The van der Waals surface area contributed by atoms with Gasteiger partial charge in [-0.25, -0.2) is 0 Å². The molecule has 6 heterocycles. The largest absolute Gasteiger partial charge is 0.496 e. The number of benzene rings is 2. The van der Waals surface area contributed by atoms with Crippen molar-refractivity contribution in [1.82, 2.24) is 20.1 Å². The minimum absolute atomic E-state index is 0.00470. The van der Waals surface area contributed by atoms with E-state index in [2.05, 4.69) is 69.2 Å². The number of methoxy groups -OCH3 is 2. The fraction of sp³-hybridized carbons (Fsp3) is 0.667. The molecule has 10 atom stereocenters. The number of H-pyrrole nitrogens is 1. The number of hydrogen-bond donors (Lipinski definition) is 5. The van der Waals surface area contributed by atoms with Gasteiger partial charge in [0.25, 0.3) is 5.91 Å². The number of ether oxygens (including phenoxy) is 2. The molecule has 1 amide bonds. The smallest absolute Gasteiger partial charge is 0.322 e. The van der Waals surface area contributed by atoms with E-state index in [-0.39, 0.29) is 17.4 Å². The van der Waals surface area contributed by atoms with Gasteiger partial charge in [-0.05, 0) is 124 Å². The zero-order chi connectivity index (χ0) is 46.2. The number of aliphatic hydroxyl groups excluding tert-OH is 1. The van der Waals surface area contributed by atoms with Gasteiger partial charge in [0, 0.05) is 90.6 Å². The van der Waals surface area contributed by atoms with Crippen LogP contribution in [0.2, 0.25) is 0 Å². The first-order chi connectivity index (χ1) is 31.7. The van der Waals surface area contributed by atoms with E-state index < -0.39 is 51.5 Å². The highest BCUT2D eigenvalue weighted by atomic mass is 16.5. The Morgan fingerprint density at radius 3 is 2.33 bits per heavy atom. The normalized spacial score (nSPS) is 41.0. The maximum atomic E-state index is 15.5. The lowest BCUT2D eigenvalue weighted by molar-refractivity contribution is -0.204. The van der Waals surface area contributed by atoms with E-state index in [4.69, 9.17) is 9.47 Å². The van der Waals surface area contributed by atoms with Crippen LogP contribution in [-0.4, -0.2) is 132 Å². The van der Waals surface area contributed by atoms with Gasteiger partial charge in [-0.2, -0.15) is 0 Å². The number of aromatic nitrogens is 1. The highest BCUT2D eigenvalue weighted by Crippen LogP contribution is 2.68. The van der Waals surface area contributed by atoms with E-state index in [0.717, 1.165) is 72.3 Å². The molecule has 4 bridgehead atoms. The second-order valence-electron chi connectivity index (χ2n) is 22.7. The van der Waals surface area contributed by atoms with E-state index in [1.165, 1.54) is 32.8 Å². The molecule has 9 aliphatic rings. The molecule has 3 aromatic rings. The summed E-state index contributed by atoms with van der Waals surface area (Å²) < 4.78 is 12.5. The van der Waals surface area contributed by atoms with Gasteiger partial charge >= 0.3 is 5.97 Å². The Labute approximate surface area is 390 Å². The Morgan fingerprint density at radius 1 is 0.894 bits per heavy atom. The standard InChI is InChI=1S/C54H73N5O7/c1-7-48-17-20-49(21-18-48,22-19-48)32-55-46(61)54(64)44-52(23-26-59-24-12-16-51(9-3,43(52)59)45(54)60)37-27-38(41(65-5)28-40(37)57(44)4)53(47(62)66-6)30-34-29-50(63,8-2)33-58(31-34)25-15-36-35-13-10-11-14-39(35)56-42(36)53/h10-14,16,27-28,34,43-45,56,60,63-64H,7-9,15,17-26,29-33H2,1-6H3,(H,55,61)/t34?,43?,44?,45-,48?,49?,50+,51-,52?,53+,54+/m1/s1. The molecule has 356 valence electrons. The van der Waals surface area contributed by atoms with E-state index in [1.54, 1.807) is 7.11 Å². The molecule has 5 unspecified atom stereocenters. The fourth-order valence-electron chi connectivity index (χ4n) is 16.6. The Balaban J connectivity index is 1.11. The minimum Gasteiger partial charge on any atom is -0.496 e. The molecule has 66 heavy (non-hydrogen) atoms. The van der Waals surface area contributed by atoms with Crippen molar-refractivity contribution in [2.45, 2.75) is 144 Å². The van der Waals surface area contributed by atoms with Crippen LogP contribution in [0.3, 0.4) is 0 Å². The predicted octanol–water partition coefficient (Wildman–Crippen LogP) is 6.11. The van der Waals surface area contributed by atoms with Crippen LogP contribution in [0, 0.1) is 22.2 Å². The SMILES string of the molecule is CCC12CCC(CNC(=O)[C@]3(O)C4N(C)c5cc(OC)c([C@@]6(C(=O)OC)CC7CN(CCc8c6[nH]c6ccccc86)C[C@](O)(CC)C7)cc5C45CCN4CC=C[C@](CC)(C45)[C@H]3O)(CC1)CC2. The molecule has 5 N–H and O–H groups in total. The Kier molecular flexibility index (Phi) is 10.3. The third kappa shape index (κ3) is 5.80. The van der Waals surface area contributed by atoms with Crippen LogP contribution in [0.5, 0.6) is 5.75 Å². The summed E-state index contributed by atoms with van der Waals surface area (Å²) in [6, 6.07) is 11.4. The van der Waals surface area contributed by atoms with Gasteiger partial charge in [0.2, 0.25) is 0 Å². The van der Waals surface area contributed by atoms with Crippen molar-refractivity contribution >= 4 is 28.5 Å². The molecule has 4 aliphatic carbocycles. The van der Waals surface area contributed by atoms with Crippen molar-refractivity contribution in [3.05, 3.63) is 70.9 Å². The van der Waals surface area contributed by atoms with Crippen molar-refractivity contribution in [2.24, 2.45) is 22.2 Å². The lowest BCUT2D eigenvalue weighted by Gasteiger charge is -2.63. The van der Waals surface area contributed by atoms with E-state index in [1.807, 2.05) is 32.2 Å². The molecule has 2 aromatic carbocycles. The lowest BCUT2D eigenvalue weighted by atomic mass is 9.47. The lowest BCUT2D eigenvalue weighted by Crippen LogP contribution is -2.82. The average molecular weight is 904 g/mol. The van der Waals surface area contributed by atoms with Crippen LogP contribution in [0.15, 0.2) is 48.6 Å². The number of piperidine rings is 1. The number of para-hydroxylation sites is 1. The number of carbonyl (C=O) groups is 2. The maximum absolute atomic E-state index is 15.5. The number of rotatable bonds is 9. The third-order valence-electron chi connectivity index (χ3n) is 20.1. The quantitative estimate of drug-likeness (QED) is 0.126. The first-order valence-electron chi connectivity index (χ1n) is 25.4. The summed E-state index contributed by atoms with van der Waals surface area (Å²) >= 11 is 0. The first kappa shape index (κ1) is 44.6. The maximum Gasteiger partial charge on any atom is 0.322 e. The molecule has 12 heteroatoms. The van der Waals surface area contributed by atoms with Crippen LogP contribution in [0.4, 0.5) is 5.69 Å². The van der Waals surface area contributed by atoms with Crippen molar-refractivity contribution in [2.75, 3.05) is 65.4 Å². The summed E-state index contributed by atoms with van der Waals surface area (Å²) in [5.41, 5.74) is -0.644. The number of esters is 1. The van der Waals surface area contributed by atoms with Crippen LogP contribution < -0.4 is 15.0 Å². The topological polar surface area (TPSA) is 151 Å². The minimum atomic E-state index is -2.20. The van der Waals surface area contributed by atoms with Crippen molar-refractivity contribution in [3.63, 3.8) is 0 Å². The highest BCUT2D eigenvalue weighted by Gasteiger charge is 2.79. The number of nitrogens with one attached hydrogen (secondary N) is 2. The second-order valence-corrected chi connectivity index (χ2v) is 22.7. The van der Waals surface area contributed by atoms with Crippen LogP contribution in [0.25, 0.3) is 10.9 Å². The van der Waals surface area contributed by atoms with Crippen molar-refractivity contribution in [3.8, 4) is 5.75 Å². The number of carbonyl (C=O) groups excluding carboxylic acids is 2. The molecule has 12 nitrogen and oxygen atoms in total. The molecule has 4 saturated carbocycles. The van der Waals surface area contributed by atoms with Crippen molar-refractivity contribution in [1.29, 1.82) is 0 Å². The molecule has 5 aliphatic heterocycles. The molecular formula is C54H73N5O7. The predicted molar refractivity (Wildman–Crippen MR) is 255 cm³/mol. The molecular weight excluding hydrogens is 831 g/mol. The van der Waals surface area contributed by atoms with Crippen LogP contribution >= 0.6 is 0 Å². The van der Waals surface area contributed by atoms with Gasteiger partial charge in [0.15, 0.2) is 5.60 Å². The molecule has 0 radical (unpaired) electrons. The van der Waals surface area contributed by atoms with Gasteiger partial charge in [0.05, 0.1) is 25.9 Å². The van der Waals surface area contributed by atoms with Gasteiger partial charge < -0.3 is 40.0 Å². The second kappa shape index (κ2) is 15.3. The molecule has 1 aromatic heterocycles. The van der Waals surface area contributed by atoms with Crippen molar-refractivity contribution < 1.29 is 34.4 Å². The summed E-state index contributed by atoms with van der Waals surface area (Å²) in [5.74, 6) is -0.471. The summed E-state index contributed by atoms with van der Waals surface area (Å²) in [6.45, 7) is 10.4. The number of fused-ring (bicyclic) bond motifs is 9. The average Bonchev–Trinajstić information content (AvgIpc) is 4.01.